The summed E-state index contributed by atoms with van der Waals surface area (Å²) in [7, 11) is 0. The molecule has 0 bridgehead atoms. The molecule has 0 radical (unpaired) electrons. The van der Waals surface area contributed by atoms with Crippen LogP contribution in [0.25, 0.3) is 0 Å². The first-order valence-electron chi connectivity index (χ1n) is 6.45. The second-order valence-corrected chi connectivity index (χ2v) is 5.79. The molecule has 3 heterocycles. The highest BCUT2D eigenvalue weighted by molar-refractivity contribution is 7.09. The molecule has 0 amide bonds. The maximum atomic E-state index is 5.34. The fourth-order valence-electron chi connectivity index (χ4n) is 2.35. The van der Waals surface area contributed by atoms with Crippen molar-refractivity contribution in [2.24, 2.45) is 5.92 Å². The van der Waals surface area contributed by atoms with E-state index >= 15 is 0 Å². The molecular weight excluding hydrogens is 282 g/mol. The van der Waals surface area contributed by atoms with Crippen LogP contribution in [0.2, 0.25) is 0 Å². The Balaban J connectivity index is 0.00000133. The van der Waals surface area contributed by atoms with E-state index in [2.05, 4.69) is 33.0 Å². The summed E-state index contributed by atoms with van der Waals surface area (Å²) in [6.07, 6.45) is 4.14. The van der Waals surface area contributed by atoms with Gasteiger partial charge in [0.05, 0.1) is 0 Å². The monoisotopic (exact) mass is 299 g/mol. The first kappa shape index (κ1) is 14.5. The quantitative estimate of drug-likeness (QED) is 0.943. The smallest absolute Gasteiger partial charge is 0.226 e. The van der Waals surface area contributed by atoms with Crippen LogP contribution in [0.5, 0.6) is 0 Å². The molecule has 1 fully saturated rings. The summed E-state index contributed by atoms with van der Waals surface area (Å²) >= 11 is 1.73. The Morgan fingerprint density at radius 3 is 2.95 bits per heavy atom. The van der Waals surface area contributed by atoms with E-state index in [1.165, 1.54) is 17.7 Å². The first-order chi connectivity index (χ1) is 8.90. The molecule has 0 unspecified atom stereocenters. The van der Waals surface area contributed by atoms with Gasteiger partial charge in [-0.1, -0.05) is 11.2 Å². The largest absolute Gasteiger partial charge is 0.339 e. The first-order valence-corrected chi connectivity index (χ1v) is 7.32. The van der Waals surface area contributed by atoms with E-state index in [0.29, 0.717) is 5.92 Å². The zero-order chi connectivity index (χ0) is 12.2. The molecule has 4 nitrogen and oxygen atoms in total. The number of nitrogens with zero attached hydrogens (tertiary/aromatic N) is 2. The fourth-order valence-corrected chi connectivity index (χ4v) is 3.05. The van der Waals surface area contributed by atoms with E-state index in [1.54, 1.807) is 11.3 Å². The second kappa shape index (κ2) is 7.03. The summed E-state index contributed by atoms with van der Waals surface area (Å²) in [6.45, 7) is 2.22. The Morgan fingerprint density at radius 2 is 2.21 bits per heavy atom. The lowest BCUT2D eigenvalue weighted by atomic mass is 9.95. The average Bonchev–Trinajstić information content (AvgIpc) is 3.03. The Labute approximate surface area is 123 Å². The summed E-state index contributed by atoms with van der Waals surface area (Å²) in [5.41, 5.74) is 0. The molecular formula is C13H18ClN3OS. The van der Waals surface area contributed by atoms with Gasteiger partial charge in [-0.15, -0.1) is 23.7 Å². The minimum Gasteiger partial charge on any atom is -0.339 e. The van der Waals surface area contributed by atoms with Crippen LogP contribution in [0.1, 0.15) is 29.4 Å². The molecule has 6 heteroatoms. The molecule has 0 saturated carbocycles. The SMILES string of the molecule is Cl.c1csc(Cc2noc(CC3CCNCC3)n2)c1. The molecule has 19 heavy (non-hydrogen) atoms. The van der Waals surface area contributed by atoms with Gasteiger partial charge in [0.15, 0.2) is 5.82 Å². The number of hydrogen-bond donors (Lipinski definition) is 1. The van der Waals surface area contributed by atoms with Gasteiger partial charge in [-0.05, 0) is 43.3 Å². The summed E-state index contributed by atoms with van der Waals surface area (Å²) < 4.78 is 5.34. The normalized spacial score (nSPS) is 16.2. The minimum absolute atomic E-state index is 0. The number of aromatic nitrogens is 2. The second-order valence-electron chi connectivity index (χ2n) is 4.76. The van der Waals surface area contributed by atoms with E-state index < -0.39 is 0 Å². The highest BCUT2D eigenvalue weighted by Gasteiger charge is 2.17. The topological polar surface area (TPSA) is 51.0 Å². The van der Waals surface area contributed by atoms with Gasteiger partial charge >= 0.3 is 0 Å². The number of halogens is 1. The van der Waals surface area contributed by atoms with Crippen molar-refractivity contribution in [3.05, 3.63) is 34.1 Å². The number of rotatable bonds is 4. The van der Waals surface area contributed by atoms with Gasteiger partial charge < -0.3 is 9.84 Å². The molecule has 0 spiro atoms. The Hall–Kier alpha value is -0.910. The Kier molecular flexibility index (Phi) is 5.36. The number of thiophene rings is 1. The summed E-state index contributed by atoms with van der Waals surface area (Å²) in [4.78, 5) is 5.77. The summed E-state index contributed by atoms with van der Waals surface area (Å²) in [6, 6.07) is 4.16. The maximum absolute atomic E-state index is 5.34. The van der Waals surface area contributed by atoms with Crippen LogP contribution in [0.15, 0.2) is 22.0 Å². The number of hydrogen-bond acceptors (Lipinski definition) is 5. The van der Waals surface area contributed by atoms with Crippen molar-refractivity contribution in [3.8, 4) is 0 Å². The van der Waals surface area contributed by atoms with Crippen LogP contribution in [-0.2, 0) is 12.8 Å². The average molecular weight is 300 g/mol. The van der Waals surface area contributed by atoms with Crippen LogP contribution in [0.3, 0.4) is 0 Å². The fraction of sp³-hybridized carbons (Fsp3) is 0.538. The van der Waals surface area contributed by atoms with Gasteiger partial charge in [0, 0.05) is 17.7 Å². The highest BCUT2D eigenvalue weighted by atomic mass is 35.5. The zero-order valence-corrected chi connectivity index (χ0v) is 12.3. The lowest BCUT2D eigenvalue weighted by molar-refractivity contribution is 0.312. The molecule has 1 N–H and O–H groups in total. The van der Waals surface area contributed by atoms with Crippen LogP contribution >= 0.6 is 23.7 Å². The molecule has 3 rings (SSSR count). The van der Waals surface area contributed by atoms with E-state index in [4.69, 9.17) is 4.52 Å². The predicted octanol–water partition coefficient (Wildman–Crippen LogP) is 2.69. The van der Waals surface area contributed by atoms with Crippen molar-refractivity contribution in [2.45, 2.75) is 25.7 Å². The molecule has 2 aromatic heterocycles. The van der Waals surface area contributed by atoms with E-state index in [0.717, 1.165) is 37.6 Å². The number of piperidine rings is 1. The Morgan fingerprint density at radius 1 is 1.37 bits per heavy atom. The lowest BCUT2D eigenvalue weighted by Gasteiger charge is -2.20. The predicted molar refractivity (Wildman–Crippen MR) is 78.0 cm³/mol. The molecule has 1 aliphatic heterocycles. The van der Waals surface area contributed by atoms with Crippen LogP contribution in [-0.4, -0.2) is 23.2 Å². The molecule has 1 aliphatic rings. The van der Waals surface area contributed by atoms with Crippen molar-refractivity contribution in [3.63, 3.8) is 0 Å². The van der Waals surface area contributed by atoms with Gasteiger partial charge in [0.25, 0.3) is 0 Å². The highest BCUT2D eigenvalue weighted by Crippen LogP contribution is 2.18. The number of nitrogens with one attached hydrogen (secondary N) is 1. The third-order valence-corrected chi connectivity index (χ3v) is 4.22. The van der Waals surface area contributed by atoms with Crippen molar-refractivity contribution in [1.82, 2.24) is 15.5 Å². The zero-order valence-electron chi connectivity index (χ0n) is 10.7. The lowest BCUT2D eigenvalue weighted by Crippen LogP contribution is -2.28. The molecule has 0 aliphatic carbocycles. The summed E-state index contributed by atoms with van der Waals surface area (Å²) in [5.74, 6) is 2.30. The third kappa shape index (κ3) is 4.03. The van der Waals surface area contributed by atoms with E-state index in [9.17, 15) is 0 Å². The van der Waals surface area contributed by atoms with E-state index in [1.807, 2.05) is 0 Å². The van der Waals surface area contributed by atoms with Gasteiger partial charge in [-0.25, -0.2) is 0 Å². The third-order valence-electron chi connectivity index (χ3n) is 3.34. The van der Waals surface area contributed by atoms with Crippen molar-refractivity contribution < 1.29 is 4.52 Å². The molecule has 0 aromatic carbocycles. The summed E-state index contributed by atoms with van der Waals surface area (Å²) in [5, 5.41) is 9.51. The standard InChI is InChI=1S/C13H17N3OS.ClH/c1-2-11(18-7-1)9-12-15-13(17-16-12)8-10-3-5-14-6-4-10;/h1-2,7,10,14H,3-6,8-9H2;1H. The minimum atomic E-state index is 0. The van der Waals surface area contributed by atoms with Gasteiger partial charge in [-0.2, -0.15) is 4.98 Å². The van der Waals surface area contributed by atoms with Gasteiger partial charge in [0.2, 0.25) is 5.89 Å². The van der Waals surface area contributed by atoms with Crippen LogP contribution < -0.4 is 5.32 Å². The van der Waals surface area contributed by atoms with Crippen LogP contribution in [0, 0.1) is 5.92 Å². The molecule has 1 saturated heterocycles. The molecule has 2 aromatic rings. The van der Waals surface area contributed by atoms with Gasteiger partial charge in [-0.3, -0.25) is 0 Å². The molecule has 0 atom stereocenters. The van der Waals surface area contributed by atoms with E-state index in [-0.39, 0.29) is 12.4 Å². The van der Waals surface area contributed by atoms with Crippen molar-refractivity contribution >= 4 is 23.7 Å². The maximum Gasteiger partial charge on any atom is 0.226 e. The Bertz CT molecular complexity index is 480. The van der Waals surface area contributed by atoms with Crippen molar-refractivity contribution in [1.29, 1.82) is 0 Å². The molecule has 104 valence electrons. The van der Waals surface area contributed by atoms with Crippen molar-refractivity contribution in [2.75, 3.05) is 13.1 Å². The van der Waals surface area contributed by atoms with Crippen LogP contribution in [0.4, 0.5) is 0 Å². The van der Waals surface area contributed by atoms with Gasteiger partial charge in [0.1, 0.15) is 0 Å².